The zero-order valence-corrected chi connectivity index (χ0v) is 9.83. The first-order chi connectivity index (χ1) is 9.10. The van der Waals surface area contributed by atoms with Gasteiger partial charge in [0.15, 0.2) is 11.6 Å². The van der Waals surface area contributed by atoms with E-state index in [2.05, 4.69) is 15.3 Å². The minimum atomic E-state index is -0.593. The van der Waals surface area contributed by atoms with E-state index in [1.165, 1.54) is 25.3 Å². The van der Waals surface area contributed by atoms with Gasteiger partial charge in [-0.15, -0.1) is 0 Å². The molecule has 19 heavy (non-hydrogen) atoms. The van der Waals surface area contributed by atoms with Crippen LogP contribution in [0.2, 0.25) is 0 Å². The van der Waals surface area contributed by atoms with Crippen LogP contribution >= 0.6 is 0 Å². The number of hydrogen-bond donors (Lipinski definition) is 1. The highest BCUT2D eigenvalue weighted by Crippen LogP contribution is 2.23. The average molecular weight is 264 g/mol. The summed E-state index contributed by atoms with van der Waals surface area (Å²) < 4.78 is 18.0. The summed E-state index contributed by atoms with van der Waals surface area (Å²) in [6.45, 7) is 0. The number of benzene rings is 1. The number of nitrogens with one attached hydrogen (secondary N) is 1. The molecule has 0 aliphatic carbocycles. The van der Waals surface area contributed by atoms with Crippen LogP contribution in [-0.2, 0) is 0 Å². The van der Waals surface area contributed by atoms with Crippen molar-refractivity contribution in [3.05, 3.63) is 46.5 Å². The molecule has 98 valence electrons. The second kappa shape index (κ2) is 5.25. The quantitative estimate of drug-likeness (QED) is 0.673. The lowest BCUT2D eigenvalue weighted by atomic mass is 10.3. The first-order valence-electron chi connectivity index (χ1n) is 5.17. The molecular weight excluding hydrogens is 255 g/mol. The molecule has 1 aromatic carbocycles. The van der Waals surface area contributed by atoms with Crippen LogP contribution in [0.3, 0.4) is 0 Å². The summed E-state index contributed by atoms with van der Waals surface area (Å²) in [5, 5.41) is 13.2. The largest absolute Gasteiger partial charge is 0.494 e. The van der Waals surface area contributed by atoms with Gasteiger partial charge in [-0.05, 0) is 12.1 Å². The Morgan fingerprint density at radius 3 is 2.63 bits per heavy atom. The van der Waals surface area contributed by atoms with Crippen molar-refractivity contribution in [2.75, 3.05) is 12.4 Å². The maximum atomic E-state index is 13.2. The first-order valence-corrected chi connectivity index (χ1v) is 5.17. The monoisotopic (exact) mass is 264 g/mol. The number of nitrogens with zero attached hydrogens (tertiary/aromatic N) is 3. The number of rotatable bonds is 4. The lowest BCUT2D eigenvalue weighted by molar-refractivity contribution is -0.385. The van der Waals surface area contributed by atoms with Gasteiger partial charge in [-0.3, -0.25) is 10.1 Å². The topological polar surface area (TPSA) is 90.2 Å². The van der Waals surface area contributed by atoms with Crippen molar-refractivity contribution in [1.29, 1.82) is 0 Å². The molecule has 0 bridgehead atoms. The van der Waals surface area contributed by atoms with E-state index < -0.39 is 10.7 Å². The maximum Gasteiger partial charge on any atom is 0.305 e. The van der Waals surface area contributed by atoms with Crippen molar-refractivity contribution in [1.82, 2.24) is 9.97 Å². The number of hydrogen-bond acceptors (Lipinski definition) is 6. The molecule has 2 aromatic rings. The fourth-order valence-electron chi connectivity index (χ4n) is 1.35. The van der Waals surface area contributed by atoms with Crippen LogP contribution in [0, 0.1) is 15.9 Å². The SMILES string of the molecule is COc1cc(Nc2ncc([N+](=O)[O-])cn2)ccc1F. The summed E-state index contributed by atoms with van der Waals surface area (Å²) in [5.41, 5.74) is 0.300. The summed E-state index contributed by atoms with van der Waals surface area (Å²) in [6.07, 6.45) is 2.16. The third-order valence-corrected chi connectivity index (χ3v) is 2.26. The molecule has 0 aliphatic heterocycles. The third kappa shape index (κ3) is 2.92. The lowest BCUT2D eigenvalue weighted by Crippen LogP contribution is -1.99. The van der Waals surface area contributed by atoms with E-state index in [1.807, 2.05) is 0 Å². The van der Waals surface area contributed by atoms with Crippen LogP contribution in [0.25, 0.3) is 0 Å². The minimum Gasteiger partial charge on any atom is -0.494 e. The first kappa shape index (κ1) is 12.7. The fourth-order valence-corrected chi connectivity index (χ4v) is 1.35. The second-order valence-corrected chi connectivity index (χ2v) is 3.50. The lowest BCUT2D eigenvalue weighted by Gasteiger charge is -2.07. The number of methoxy groups -OCH3 is 1. The Labute approximate surface area is 107 Å². The molecule has 8 heteroatoms. The highest BCUT2D eigenvalue weighted by atomic mass is 19.1. The van der Waals surface area contributed by atoms with Crippen molar-refractivity contribution in [3.8, 4) is 5.75 Å². The highest BCUT2D eigenvalue weighted by molar-refractivity contribution is 5.56. The van der Waals surface area contributed by atoms with Gasteiger partial charge in [-0.1, -0.05) is 0 Å². The summed E-state index contributed by atoms with van der Waals surface area (Å²) in [4.78, 5) is 17.4. The molecule has 1 N–H and O–H groups in total. The van der Waals surface area contributed by atoms with Crippen LogP contribution < -0.4 is 10.1 Å². The molecule has 0 amide bonds. The zero-order chi connectivity index (χ0) is 13.8. The second-order valence-electron chi connectivity index (χ2n) is 3.50. The molecule has 0 spiro atoms. The number of anilines is 2. The Bertz CT molecular complexity index is 603. The van der Waals surface area contributed by atoms with Gasteiger partial charge >= 0.3 is 5.69 Å². The third-order valence-electron chi connectivity index (χ3n) is 2.26. The number of aromatic nitrogens is 2. The summed E-state index contributed by atoms with van der Waals surface area (Å²) >= 11 is 0. The highest BCUT2D eigenvalue weighted by Gasteiger charge is 2.08. The van der Waals surface area contributed by atoms with Crippen LogP contribution in [0.1, 0.15) is 0 Å². The van der Waals surface area contributed by atoms with Crippen molar-refractivity contribution < 1.29 is 14.1 Å². The molecule has 0 unspecified atom stereocenters. The van der Waals surface area contributed by atoms with E-state index in [-0.39, 0.29) is 17.4 Å². The predicted octanol–water partition coefficient (Wildman–Crippen LogP) is 2.28. The van der Waals surface area contributed by atoms with Crippen molar-refractivity contribution >= 4 is 17.3 Å². The van der Waals surface area contributed by atoms with Gasteiger partial charge in [-0.25, -0.2) is 14.4 Å². The molecule has 0 fully saturated rings. The number of ether oxygens (including phenoxy) is 1. The smallest absolute Gasteiger partial charge is 0.305 e. The van der Waals surface area contributed by atoms with Gasteiger partial charge in [0.2, 0.25) is 5.95 Å². The molecule has 7 nitrogen and oxygen atoms in total. The zero-order valence-electron chi connectivity index (χ0n) is 9.83. The predicted molar refractivity (Wildman–Crippen MR) is 64.9 cm³/mol. The number of nitro groups is 1. The van der Waals surface area contributed by atoms with Gasteiger partial charge in [0.05, 0.1) is 12.0 Å². The van der Waals surface area contributed by atoms with Crippen LogP contribution in [0.5, 0.6) is 5.75 Å². The van der Waals surface area contributed by atoms with Gasteiger partial charge in [0.1, 0.15) is 12.4 Å². The van der Waals surface area contributed by atoms with Gasteiger partial charge in [-0.2, -0.15) is 0 Å². The van der Waals surface area contributed by atoms with E-state index in [1.54, 1.807) is 0 Å². The van der Waals surface area contributed by atoms with E-state index in [4.69, 9.17) is 4.74 Å². The summed E-state index contributed by atoms with van der Waals surface area (Å²) in [6, 6.07) is 4.13. The molecule has 1 aromatic heterocycles. The van der Waals surface area contributed by atoms with Crippen LogP contribution in [0.15, 0.2) is 30.6 Å². The molecule has 2 rings (SSSR count). The van der Waals surface area contributed by atoms with Gasteiger partial charge < -0.3 is 10.1 Å². The molecule has 0 saturated carbocycles. The van der Waals surface area contributed by atoms with E-state index in [9.17, 15) is 14.5 Å². The maximum absolute atomic E-state index is 13.2. The Morgan fingerprint density at radius 2 is 2.05 bits per heavy atom. The van der Waals surface area contributed by atoms with Crippen LogP contribution in [0.4, 0.5) is 21.7 Å². The van der Waals surface area contributed by atoms with Crippen LogP contribution in [-0.4, -0.2) is 22.0 Å². The number of halogens is 1. The molecule has 0 aliphatic rings. The van der Waals surface area contributed by atoms with Gasteiger partial charge in [0, 0.05) is 11.8 Å². The average Bonchev–Trinajstić information content (AvgIpc) is 2.41. The normalized spacial score (nSPS) is 10.0. The molecule has 0 atom stereocenters. The Kier molecular flexibility index (Phi) is 3.51. The van der Waals surface area contributed by atoms with Gasteiger partial charge in [0.25, 0.3) is 0 Å². The molecule has 1 heterocycles. The molecular formula is C11H9FN4O3. The Balaban J connectivity index is 2.19. The Morgan fingerprint density at radius 1 is 1.37 bits per heavy atom. The molecule has 0 saturated heterocycles. The van der Waals surface area contributed by atoms with E-state index >= 15 is 0 Å². The minimum absolute atomic E-state index is 0.0758. The summed E-state index contributed by atoms with van der Waals surface area (Å²) in [7, 11) is 1.35. The van der Waals surface area contributed by atoms with Crippen molar-refractivity contribution in [2.24, 2.45) is 0 Å². The molecule has 0 radical (unpaired) electrons. The summed E-state index contributed by atoms with van der Waals surface area (Å²) in [5.74, 6) is -0.246. The standard InChI is InChI=1S/C11H9FN4O3/c1-19-10-4-7(2-3-9(10)12)15-11-13-5-8(6-14-11)16(17)18/h2-6H,1H3,(H,13,14,15). The van der Waals surface area contributed by atoms with E-state index in [0.29, 0.717) is 5.69 Å². The fraction of sp³-hybridized carbons (Fsp3) is 0.0909. The van der Waals surface area contributed by atoms with Crippen molar-refractivity contribution in [2.45, 2.75) is 0 Å². The van der Waals surface area contributed by atoms with Crippen molar-refractivity contribution in [3.63, 3.8) is 0 Å². The van der Waals surface area contributed by atoms with E-state index in [0.717, 1.165) is 12.4 Å². The Hall–Kier alpha value is -2.77.